The van der Waals surface area contributed by atoms with Crippen LogP contribution in [0.4, 0.5) is 5.82 Å². The summed E-state index contributed by atoms with van der Waals surface area (Å²) in [6, 6.07) is 15.7. The Hall–Kier alpha value is -2.92. The number of allylic oxidation sites excluding steroid dienone is 2. The molecule has 27 heavy (non-hydrogen) atoms. The number of carbonyl (C=O) groups is 1. The maximum Gasteiger partial charge on any atom is 0.267 e. The van der Waals surface area contributed by atoms with Crippen molar-refractivity contribution < 1.29 is 4.79 Å². The summed E-state index contributed by atoms with van der Waals surface area (Å²) in [7, 11) is 0. The molecular formula is C22H21N3OS. The minimum atomic E-state index is -0.0629. The fraction of sp³-hybridized carbons (Fsp3) is 0.136. The Labute approximate surface area is 164 Å². The van der Waals surface area contributed by atoms with Crippen LogP contribution in [0.2, 0.25) is 0 Å². The molecule has 0 atom stereocenters. The third-order valence-electron chi connectivity index (χ3n) is 3.84. The molecule has 1 aliphatic rings. The summed E-state index contributed by atoms with van der Waals surface area (Å²) in [5.74, 6) is 0.532. The Kier molecular flexibility index (Phi) is 6.04. The van der Waals surface area contributed by atoms with E-state index in [4.69, 9.17) is 0 Å². The first-order chi connectivity index (χ1) is 13.1. The van der Waals surface area contributed by atoms with Crippen molar-refractivity contribution in [1.29, 1.82) is 0 Å². The number of benzene rings is 1. The van der Waals surface area contributed by atoms with Crippen molar-refractivity contribution >= 4 is 34.7 Å². The highest BCUT2D eigenvalue weighted by atomic mass is 32.2. The number of hydrogen-bond donors (Lipinski definition) is 0. The maximum absolute atomic E-state index is 12.8. The van der Waals surface area contributed by atoms with Gasteiger partial charge in [-0.3, -0.25) is 9.69 Å². The van der Waals surface area contributed by atoms with Crippen LogP contribution in [0.5, 0.6) is 0 Å². The van der Waals surface area contributed by atoms with Crippen molar-refractivity contribution in [3.05, 3.63) is 89.0 Å². The standard InChI is InChI=1S/C22H21N3OS/c1-4-13-25-21(26)19(15-16(2)14-18-10-6-5-7-11-18)27-22(25)24-20-12-8-9-17(3)23-20/h4-12,14-15H,1,13H2,2-3H3/b16-14+,19-15-,24-22+. The van der Waals surface area contributed by atoms with E-state index >= 15 is 0 Å². The first kappa shape index (κ1) is 18.9. The van der Waals surface area contributed by atoms with Gasteiger partial charge in [0.15, 0.2) is 11.0 Å². The smallest absolute Gasteiger partial charge is 0.267 e. The quantitative estimate of drug-likeness (QED) is 0.538. The first-order valence-electron chi connectivity index (χ1n) is 8.65. The molecule has 0 aliphatic carbocycles. The van der Waals surface area contributed by atoms with Crippen LogP contribution in [0.25, 0.3) is 6.08 Å². The number of aryl methyl sites for hydroxylation is 1. The van der Waals surface area contributed by atoms with Crippen molar-refractivity contribution in [2.75, 3.05) is 6.54 Å². The van der Waals surface area contributed by atoms with Crippen molar-refractivity contribution in [2.24, 2.45) is 4.99 Å². The Morgan fingerprint density at radius 2 is 2.00 bits per heavy atom. The lowest BCUT2D eigenvalue weighted by molar-refractivity contribution is -0.121. The molecule has 1 aliphatic heterocycles. The predicted octanol–water partition coefficient (Wildman–Crippen LogP) is 5.13. The van der Waals surface area contributed by atoms with E-state index in [9.17, 15) is 4.79 Å². The van der Waals surface area contributed by atoms with Gasteiger partial charge in [-0.1, -0.05) is 48.6 Å². The molecule has 0 radical (unpaired) electrons. The van der Waals surface area contributed by atoms with E-state index in [1.165, 1.54) is 11.8 Å². The van der Waals surface area contributed by atoms with E-state index in [1.54, 1.807) is 11.0 Å². The summed E-state index contributed by atoms with van der Waals surface area (Å²) in [6.07, 6.45) is 5.66. The van der Waals surface area contributed by atoms with Gasteiger partial charge >= 0.3 is 0 Å². The van der Waals surface area contributed by atoms with Crippen LogP contribution in [0, 0.1) is 6.92 Å². The number of aliphatic imine (C=N–C) groups is 1. The molecule has 4 nitrogen and oxygen atoms in total. The molecule has 1 amide bonds. The summed E-state index contributed by atoms with van der Waals surface area (Å²) < 4.78 is 0. The molecule has 2 aromatic rings. The zero-order chi connectivity index (χ0) is 19.2. The molecule has 0 saturated carbocycles. The van der Waals surface area contributed by atoms with Gasteiger partial charge in [0.05, 0.1) is 4.91 Å². The van der Waals surface area contributed by atoms with Gasteiger partial charge in [0, 0.05) is 12.2 Å². The largest absolute Gasteiger partial charge is 0.282 e. The molecule has 1 fully saturated rings. The Balaban J connectivity index is 1.90. The van der Waals surface area contributed by atoms with Crippen molar-refractivity contribution in [2.45, 2.75) is 13.8 Å². The zero-order valence-electron chi connectivity index (χ0n) is 15.4. The highest BCUT2D eigenvalue weighted by molar-refractivity contribution is 8.18. The van der Waals surface area contributed by atoms with Crippen LogP contribution >= 0.6 is 11.8 Å². The third-order valence-corrected chi connectivity index (χ3v) is 4.84. The van der Waals surface area contributed by atoms with E-state index < -0.39 is 0 Å². The molecule has 0 bridgehead atoms. The highest BCUT2D eigenvalue weighted by Gasteiger charge is 2.32. The Morgan fingerprint density at radius 3 is 2.70 bits per heavy atom. The van der Waals surface area contributed by atoms with Gasteiger partial charge in [-0.05, 0) is 55.0 Å². The SMILES string of the molecule is C=CCN1C(=O)/C(=C/C(C)=C/c2ccccc2)S/C1=N/c1cccc(C)n1. The van der Waals surface area contributed by atoms with Gasteiger partial charge in [-0.25, -0.2) is 9.98 Å². The number of nitrogens with zero attached hydrogens (tertiary/aromatic N) is 3. The molecule has 2 heterocycles. The molecule has 136 valence electrons. The highest BCUT2D eigenvalue weighted by Crippen LogP contribution is 2.33. The average molecular weight is 375 g/mol. The van der Waals surface area contributed by atoms with Gasteiger partial charge < -0.3 is 0 Å². The molecule has 0 N–H and O–H groups in total. The second-order valence-corrected chi connectivity index (χ2v) is 7.15. The van der Waals surface area contributed by atoms with E-state index in [0.717, 1.165) is 16.8 Å². The van der Waals surface area contributed by atoms with Crippen molar-refractivity contribution in [3.8, 4) is 0 Å². The van der Waals surface area contributed by atoms with Gasteiger partial charge in [0.1, 0.15) is 0 Å². The fourth-order valence-electron chi connectivity index (χ4n) is 2.63. The van der Waals surface area contributed by atoms with Crippen LogP contribution in [0.1, 0.15) is 18.2 Å². The normalized spacial score (nSPS) is 17.8. The molecule has 1 aromatic carbocycles. The Morgan fingerprint density at radius 1 is 1.22 bits per heavy atom. The molecule has 5 heteroatoms. The minimum Gasteiger partial charge on any atom is -0.282 e. The molecular weight excluding hydrogens is 354 g/mol. The number of rotatable bonds is 5. The van der Waals surface area contributed by atoms with Gasteiger partial charge in [-0.2, -0.15) is 0 Å². The number of amides is 1. The van der Waals surface area contributed by atoms with Crippen molar-refractivity contribution in [1.82, 2.24) is 9.88 Å². The van der Waals surface area contributed by atoms with Gasteiger partial charge in [0.2, 0.25) is 0 Å². The molecule has 1 aromatic heterocycles. The third kappa shape index (κ3) is 4.83. The molecule has 0 spiro atoms. The molecule has 1 saturated heterocycles. The minimum absolute atomic E-state index is 0.0629. The van der Waals surface area contributed by atoms with E-state index in [0.29, 0.717) is 22.4 Å². The lowest BCUT2D eigenvalue weighted by Gasteiger charge is -2.12. The van der Waals surface area contributed by atoms with Crippen LogP contribution in [-0.2, 0) is 4.79 Å². The first-order valence-corrected chi connectivity index (χ1v) is 9.46. The summed E-state index contributed by atoms with van der Waals surface area (Å²) in [4.78, 5) is 24.1. The lowest BCUT2D eigenvalue weighted by atomic mass is 10.1. The van der Waals surface area contributed by atoms with Gasteiger partial charge in [-0.15, -0.1) is 6.58 Å². The molecule has 0 unspecified atom stereocenters. The van der Waals surface area contributed by atoms with Crippen LogP contribution in [0.15, 0.2) is 82.7 Å². The number of amidine groups is 1. The summed E-state index contributed by atoms with van der Waals surface area (Å²) in [5, 5.41) is 0.622. The summed E-state index contributed by atoms with van der Waals surface area (Å²) >= 11 is 1.37. The predicted molar refractivity (Wildman–Crippen MR) is 114 cm³/mol. The number of hydrogen-bond acceptors (Lipinski definition) is 4. The second-order valence-electron chi connectivity index (χ2n) is 6.15. The van der Waals surface area contributed by atoms with E-state index in [1.807, 2.05) is 68.5 Å². The lowest BCUT2D eigenvalue weighted by Crippen LogP contribution is -2.29. The zero-order valence-corrected chi connectivity index (χ0v) is 16.2. The topological polar surface area (TPSA) is 45.6 Å². The van der Waals surface area contributed by atoms with Gasteiger partial charge in [0.25, 0.3) is 5.91 Å². The number of thioether (sulfide) groups is 1. The van der Waals surface area contributed by atoms with E-state index in [2.05, 4.69) is 22.6 Å². The van der Waals surface area contributed by atoms with Crippen LogP contribution in [-0.4, -0.2) is 27.5 Å². The second kappa shape index (κ2) is 8.64. The number of carbonyl (C=O) groups excluding carboxylic acids is 1. The Bertz CT molecular complexity index is 945. The summed E-state index contributed by atoms with van der Waals surface area (Å²) in [5.41, 5.74) is 2.99. The number of pyridine rings is 1. The maximum atomic E-state index is 12.8. The average Bonchev–Trinajstić information content (AvgIpc) is 2.91. The molecule has 3 rings (SSSR count). The van der Waals surface area contributed by atoms with E-state index in [-0.39, 0.29) is 5.91 Å². The van der Waals surface area contributed by atoms with Crippen LogP contribution < -0.4 is 0 Å². The fourth-order valence-corrected chi connectivity index (χ4v) is 3.68. The van der Waals surface area contributed by atoms with Crippen molar-refractivity contribution in [3.63, 3.8) is 0 Å². The number of aromatic nitrogens is 1. The van der Waals surface area contributed by atoms with Crippen LogP contribution in [0.3, 0.4) is 0 Å². The summed E-state index contributed by atoms with van der Waals surface area (Å²) in [6.45, 7) is 8.07. The monoisotopic (exact) mass is 375 g/mol.